The minimum absolute atomic E-state index is 0.686. The van der Waals surface area contributed by atoms with Gasteiger partial charge in [0.05, 0.1) is 18.9 Å². The van der Waals surface area contributed by atoms with Crippen molar-refractivity contribution in [3.63, 3.8) is 0 Å². The Morgan fingerprint density at radius 1 is 1.21 bits per heavy atom. The van der Waals surface area contributed by atoms with E-state index in [0.717, 1.165) is 55.0 Å². The molecule has 0 atom stereocenters. The van der Waals surface area contributed by atoms with Crippen LogP contribution >= 0.6 is 11.8 Å². The molecule has 3 heterocycles. The van der Waals surface area contributed by atoms with Gasteiger partial charge in [0.15, 0.2) is 5.82 Å². The highest BCUT2D eigenvalue weighted by Gasteiger charge is 2.16. The van der Waals surface area contributed by atoms with Gasteiger partial charge in [-0.25, -0.2) is 9.97 Å². The Bertz CT molecular complexity index is 645. The fourth-order valence-corrected chi connectivity index (χ4v) is 3.47. The second-order valence-corrected chi connectivity index (χ2v) is 7.29. The molecule has 1 saturated heterocycles. The number of nitrogens with zero attached hydrogens (tertiary/aromatic N) is 4. The topological polar surface area (TPSA) is 51.1 Å². The van der Waals surface area contributed by atoms with Crippen LogP contribution in [-0.4, -0.2) is 47.0 Å². The summed E-state index contributed by atoms with van der Waals surface area (Å²) in [5.74, 6) is 4.41. The van der Waals surface area contributed by atoms with Crippen LogP contribution in [-0.2, 0) is 10.5 Å². The zero-order chi connectivity index (χ0) is 16.8. The highest BCUT2D eigenvalue weighted by atomic mass is 32.2. The summed E-state index contributed by atoms with van der Waals surface area (Å²) in [6, 6.07) is 7.96. The maximum Gasteiger partial charge on any atom is 0.180 e. The quantitative estimate of drug-likeness (QED) is 0.802. The molecule has 0 bridgehead atoms. The van der Waals surface area contributed by atoms with Gasteiger partial charge in [0, 0.05) is 31.1 Å². The lowest BCUT2D eigenvalue weighted by Crippen LogP contribution is -2.37. The molecule has 24 heavy (non-hydrogen) atoms. The van der Waals surface area contributed by atoms with Crippen molar-refractivity contribution in [1.82, 2.24) is 15.0 Å². The first kappa shape index (κ1) is 17.2. The summed E-state index contributed by atoms with van der Waals surface area (Å²) in [5, 5.41) is 0. The molecule has 2 aromatic rings. The second-order valence-electron chi connectivity index (χ2n) is 6.26. The predicted octanol–water partition coefficient (Wildman–Crippen LogP) is 3.26. The summed E-state index contributed by atoms with van der Waals surface area (Å²) >= 11 is 1.92. The van der Waals surface area contributed by atoms with E-state index in [0.29, 0.717) is 11.7 Å². The summed E-state index contributed by atoms with van der Waals surface area (Å²) in [4.78, 5) is 16.2. The highest BCUT2D eigenvalue weighted by Crippen LogP contribution is 2.22. The molecule has 0 aromatic carbocycles. The molecule has 3 rings (SSSR count). The van der Waals surface area contributed by atoms with Crippen LogP contribution in [0.1, 0.15) is 19.5 Å². The van der Waals surface area contributed by atoms with E-state index in [1.165, 1.54) is 0 Å². The number of hydrogen-bond acceptors (Lipinski definition) is 6. The van der Waals surface area contributed by atoms with Gasteiger partial charge in [0.2, 0.25) is 0 Å². The van der Waals surface area contributed by atoms with Crippen LogP contribution in [0.4, 0.5) is 5.82 Å². The molecule has 5 nitrogen and oxygen atoms in total. The van der Waals surface area contributed by atoms with Crippen LogP contribution in [0.15, 0.2) is 30.5 Å². The van der Waals surface area contributed by atoms with Crippen molar-refractivity contribution < 1.29 is 4.74 Å². The van der Waals surface area contributed by atoms with E-state index in [-0.39, 0.29) is 0 Å². The predicted molar refractivity (Wildman–Crippen MR) is 99.3 cm³/mol. The summed E-state index contributed by atoms with van der Waals surface area (Å²) < 4.78 is 5.46. The minimum atomic E-state index is 0.686. The van der Waals surface area contributed by atoms with E-state index in [2.05, 4.69) is 29.8 Å². The summed E-state index contributed by atoms with van der Waals surface area (Å²) in [7, 11) is 0. The number of ether oxygens (including phenoxy) is 1. The van der Waals surface area contributed by atoms with Gasteiger partial charge in [-0.15, -0.1) is 0 Å². The van der Waals surface area contributed by atoms with Crippen LogP contribution in [0.25, 0.3) is 11.5 Å². The zero-order valence-electron chi connectivity index (χ0n) is 14.3. The van der Waals surface area contributed by atoms with Crippen molar-refractivity contribution in [2.45, 2.75) is 19.6 Å². The molecule has 0 N–H and O–H groups in total. The molecule has 0 radical (unpaired) electrons. The minimum Gasteiger partial charge on any atom is -0.378 e. The van der Waals surface area contributed by atoms with E-state index in [4.69, 9.17) is 14.7 Å². The Morgan fingerprint density at radius 3 is 2.75 bits per heavy atom. The van der Waals surface area contributed by atoms with Gasteiger partial charge in [0.25, 0.3) is 0 Å². The van der Waals surface area contributed by atoms with E-state index in [1.807, 2.05) is 30.0 Å². The van der Waals surface area contributed by atoms with Crippen molar-refractivity contribution in [1.29, 1.82) is 0 Å². The van der Waals surface area contributed by atoms with Gasteiger partial charge in [0.1, 0.15) is 11.5 Å². The van der Waals surface area contributed by atoms with Crippen LogP contribution in [0.2, 0.25) is 0 Å². The maximum absolute atomic E-state index is 5.46. The molecule has 2 aromatic heterocycles. The van der Waals surface area contributed by atoms with Crippen LogP contribution in [0.5, 0.6) is 0 Å². The van der Waals surface area contributed by atoms with Crippen molar-refractivity contribution >= 4 is 17.6 Å². The molecule has 0 unspecified atom stereocenters. The monoisotopic (exact) mass is 344 g/mol. The smallest absolute Gasteiger partial charge is 0.180 e. The fraction of sp³-hybridized carbons (Fsp3) is 0.500. The maximum atomic E-state index is 5.46. The summed E-state index contributed by atoms with van der Waals surface area (Å²) in [6.45, 7) is 7.73. The SMILES string of the molecule is CC(C)CSCc1cc(N2CCOCC2)nc(-c2ccccn2)n1. The first-order valence-electron chi connectivity index (χ1n) is 8.42. The molecule has 128 valence electrons. The molecule has 6 heteroatoms. The molecule has 0 aliphatic carbocycles. The number of morpholine rings is 1. The third-order valence-corrected chi connectivity index (χ3v) is 5.10. The molecule has 0 amide bonds. The lowest BCUT2D eigenvalue weighted by atomic mass is 10.3. The second kappa shape index (κ2) is 8.44. The third-order valence-electron chi connectivity index (χ3n) is 3.70. The van der Waals surface area contributed by atoms with E-state index < -0.39 is 0 Å². The average Bonchev–Trinajstić information content (AvgIpc) is 2.63. The van der Waals surface area contributed by atoms with E-state index in [9.17, 15) is 0 Å². The number of anilines is 1. The van der Waals surface area contributed by atoms with Crippen molar-refractivity contribution in [3.05, 3.63) is 36.2 Å². The molecule has 0 saturated carbocycles. The standard InChI is InChI=1S/C18H24N4OS/c1-14(2)12-24-13-15-11-17(22-7-9-23-10-8-22)21-18(20-15)16-5-3-4-6-19-16/h3-6,11,14H,7-10,12-13H2,1-2H3. The Balaban J connectivity index is 1.86. The Morgan fingerprint density at radius 2 is 2.04 bits per heavy atom. The van der Waals surface area contributed by atoms with Crippen LogP contribution in [0, 0.1) is 5.92 Å². The van der Waals surface area contributed by atoms with Gasteiger partial charge in [-0.05, 0) is 23.8 Å². The summed E-state index contributed by atoms with van der Waals surface area (Å²) in [5.41, 5.74) is 1.89. The van der Waals surface area contributed by atoms with Gasteiger partial charge in [-0.1, -0.05) is 19.9 Å². The number of thioether (sulfide) groups is 1. The summed E-state index contributed by atoms with van der Waals surface area (Å²) in [6.07, 6.45) is 1.79. The Kier molecular flexibility index (Phi) is 6.04. The molecule has 0 spiro atoms. The normalized spacial score (nSPS) is 15.0. The Labute approximate surface area is 147 Å². The highest BCUT2D eigenvalue weighted by molar-refractivity contribution is 7.98. The van der Waals surface area contributed by atoms with E-state index in [1.54, 1.807) is 6.20 Å². The number of aromatic nitrogens is 3. The van der Waals surface area contributed by atoms with Gasteiger partial charge >= 0.3 is 0 Å². The van der Waals surface area contributed by atoms with Gasteiger partial charge in [-0.2, -0.15) is 11.8 Å². The molecule has 1 fully saturated rings. The lowest BCUT2D eigenvalue weighted by Gasteiger charge is -2.28. The molecular formula is C18H24N4OS. The number of pyridine rings is 1. The van der Waals surface area contributed by atoms with Crippen molar-refractivity contribution in [3.8, 4) is 11.5 Å². The third kappa shape index (κ3) is 4.68. The zero-order valence-corrected chi connectivity index (χ0v) is 15.1. The van der Waals surface area contributed by atoms with Crippen LogP contribution < -0.4 is 4.90 Å². The van der Waals surface area contributed by atoms with Crippen molar-refractivity contribution in [2.24, 2.45) is 5.92 Å². The fourth-order valence-electron chi connectivity index (χ4n) is 2.52. The first-order valence-corrected chi connectivity index (χ1v) is 9.57. The molecule has 1 aliphatic heterocycles. The van der Waals surface area contributed by atoms with Gasteiger partial charge in [-0.3, -0.25) is 4.98 Å². The first-order chi connectivity index (χ1) is 11.7. The number of rotatable bonds is 6. The lowest BCUT2D eigenvalue weighted by molar-refractivity contribution is 0.122. The Hall–Kier alpha value is -1.66. The largest absolute Gasteiger partial charge is 0.378 e. The van der Waals surface area contributed by atoms with Gasteiger partial charge < -0.3 is 9.64 Å². The van der Waals surface area contributed by atoms with Crippen molar-refractivity contribution in [2.75, 3.05) is 37.0 Å². The average molecular weight is 344 g/mol. The molecule has 1 aliphatic rings. The molecular weight excluding hydrogens is 320 g/mol. The van der Waals surface area contributed by atoms with E-state index >= 15 is 0 Å². The number of hydrogen-bond donors (Lipinski definition) is 0. The van der Waals surface area contributed by atoms with Crippen LogP contribution in [0.3, 0.4) is 0 Å².